The average molecular weight is 422 g/mol. The second-order valence-corrected chi connectivity index (χ2v) is 8.88. The molecule has 0 spiro atoms. The smallest absolute Gasteiger partial charge is 0.292 e. The molecule has 3 aromatic rings. The summed E-state index contributed by atoms with van der Waals surface area (Å²) in [6.07, 6.45) is -5.91. The van der Waals surface area contributed by atoms with Gasteiger partial charge in [-0.3, -0.25) is 14.8 Å². The summed E-state index contributed by atoms with van der Waals surface area (Å²) in [5.74, 6) is -0.0740. The number of nitrogens with one attached hydrogen (secondary N) is 2. The number of fused-ring (bicyclic) bond motifs is 1. The standard InChI is InChI=1S/C21H25F3N4O2/c1-11(2)16(12-6-8-13(9-7-12)20(3,4)5)28-17-15(18(29)26-19(30)25-17)14(27-28)10-21(22,23)24/h6-9,11,16H,10H2,1-5H3,(H2,25,26,29,30). The normalized spacial score (nSPS) is 13.9. The van der Waals surface area contributed by atoms with E-state index in [-0.39, 0.29) is 22.4 Å². The van der Waals surface area contributed by atoms with Crippen molar-refractivity contribution in [1.29, 1.82) is 0 Å². The molecule has 0 saturated heterocycles. The molecule has 0 saturated carbocycles. The first-order valence-electron chi connectivity index (χ1n) is 9.69. The highest BCUT2D eigenvalue weighted by Gasteiger charge is 2.33. The van der Waals surface area contributed by atoms with E-state index in [0.717, 1.165) is 11.1 Å². The second-order valence-electron chi connectivity index (χ2n) is 8.88. The predicted octanol–water partition coefficient (Wildman–Crippen LogP) is 4.06. The molecular formula is C21H25F3N4O2. The van der Waals surface area contributed by atoms with Gasteiger partial charge in [-0.05, 0) is 22.5 Å². The topological polar surface area (TPSA) is 83.5 Å². The van der Waals surface area contributed by atoms with Gasteiger partial charge in [-0.25, -0.2) is 9.48 Å². The molecule has 2 heterocycles. The van der Waals surface area contributed by atoms with Crippen molar-refractivity contribution in [2.45, 2.75) is 58.7 Å². The van der Waals surface area contributed by atoms with Crippen LogP contribution in [0.5, 0.6) is 0 Å². The number of hydrogen-bond acceptors (Lipinski definition) is 3. The molecule has 0 bridgehead atoms. The van der Waals surface area contributed by atoms with Crippen LogP contribution in [0.3, 0.4) is 0 Å². The molecule has 0 aliphatic rings. The zero-order valence-electron chi connectivity index (χ0n) is 17.5. The summed E-state index contributed by atoms with van der Waals surface area (Å²) in [5, 5.41) is 3.91. The molecule has 0 radical (unpaired) electrons. The van der Waals surface area contributed by atoms with Crippen molar-refractivity contribution in [3.63, 3.8) is 0 Å². The molecule has 0 aliphatic carbocycles. The minimum Gasteiger partial charge on any atom is -0.292 e. The molecule has 0 amide bonds. The summed E-state index contributed by atoms with van der Waals surface area (Å²) >= 11 is 0. The molecule has 3 rings (SSSR count). The first kappa shape index (κ1) is 21.9. The monoisotopic (exact) mass is 422 g/mol. The number of alkyl halides is 3. The SMILES string of the molecule is CC(C)C(c1ccc(C(C)(C)C)cc1)n1nc(CC(F)(F)F)c2c(=O)[nH]c(=O)[nH]c21. The highest BCUT2D eigenvalue weighted by Crippen LogP contribution is 2.32. The largest absolute Gasteiger partial charge is 0.394 e. The Kier molecular flexibility index (Phi) is 5.43. The van der Waals surface area contributed by atoms with Gasteiger partial charge in [0.05, 0.1) is 18.2 Å². The summed E-state index contributed by atoms with van der Waals surface area (Å²) < 4.78 is 40.6. The van der Waals surface area contributed by atoms with Crippen LogP contribution in [0.4, 0.5) is 13.2 Å². The molecular weight excluding hydrogens is 397 g/mol. The van der Waals surface area contributed by atoms with E-state index < -0.39 is 35.6 Å². The average Bonchev–Trinajstić information content (AvgIpc) is 2.90. The lowest BCUT2D eigenvalue weighted by Gasteiger charge is -2.24. The van der Waals surface area contributed by atoms with E-state index >= 15 is 0 Å². The molecule has 6 nitrogen and oxygen atoms in total. The van der Waals surface area contributed by atoms with E-state index in [9.17, 15) is 22.8 Å². The molecule has 30 heavy (non-hydrogen) atoms. The lowest BCUT2D eigenvalue weighted by molar-refractivity contribution is -0.127. The van der Waals surface area contributed by atoms with E-state index in [0.29, 0.717) is 0 Å². The number of nitrogens with zero attached hydrogens (tertiary/aromatic N) is 2. The Balaban J connectivity index is 2.24. The maximum atomic E-state index is 13.1. The number of H-pyrrole nitrogens is 2. The Bertz CT molecular complexity index is 1160. The first-order valence-corrected chi connectivity index (χ1v) is 9.69. The third kappa shape index (κ3) is 4.34. The molecule has 2 N–H and O–H groups in total. The number of rotatable bonds is 4. The number of halogens is 3. The van der Waals surface area contributed by atoms with Crippen molar-refractivity contribution in [3.8, 4) is 0 Å². The van der Waals surface area contributed by atoms with Crippen molar-refractivity contribution in [3.05, 3.63) is 61.9 Å². The Hall–Kier alpha value is -2.84. The van der Waals surface area contributed by atoms with E-state index in [1.807, 2.05) is 43.1 Å². The Labute approximate surface area is 171 Å². The van der Waals surface area contributed by atoms with E-state index in [1.54, 1.807) is 0 Å². The van der Waals surface area contributed by atoms with Gasteiger partial charge < -0.3 is 0 Å². The van der Waals surface area contributed by atoms with Crippen molar-refractivity contribution < 1.29 is 13.2 Å². The summed E-state index contributed by atoms with van der Waals surface area (Å²) in [6, 6.07) is 7.30. The van der Waals surface area contributed by atoms with Gasteiger partial charge in [-0.1, -0.05) is 58.9 Å². The van der Waals surface area contributed by atoms with Gasteiger partial charge in [-0.2, -0.15) is 18.3 Å². The van der Waals surface area contributed by atoms with Gasteiger partial charge in [0, 0.05) is 0 Å². The number of benzene rings is 1. The molecule has 1 aromatic carbocycles. The van der Waals surface area contributed by atoms with Crippen LogP contribution in [0, 0.1) is 5.92 Å². The highest BCUT2D eigenvalue weighted by molar-refractivity contribution is 5.77. The zero-order chi connectivity index (χ0) is 22.4. The fourth-order valence-corrected chi connectivity index (χ4v) is 3.65. The number of aromatic nitrogens is 4. The van der Waals surface area contributed by atoms with Crippen LogP contribution in [0.15, 0.2) is 33.9 Å². The Morgan fingerprint density at radius 3 is 2.13 bits per heavy atom. The van der Waals surface area contributed by atoms with Gasteiger partial charge >= 0.3 is 11.9 Å². The van der Waals surface area contributed by atoms with Gasteiger partial charge in [0.15, 0.2) is 0 Å². The lowest BCUT2D eigenvalue weighted by atomic mass is 9.85. The fraction of sp³-hybridized carbons (Fsp3) is 0.476. The van der Waals surface area contributed by atoms with Gasteiger partial charge in [0.2, 0.25) is 0 Å². The van der Waals surface area contributed by atoms with Crippen LogP contribution in [-0.4, -0.2) is 25.9 Å². The fourth-order valence-electron chi connectivity index (χ4n) is 3.65. The van der Waals surface area contributed by atoms with E-state index in [4.69, 9.17) is 0 Å². The number of aromatic amines is 2. The quantitative estimate of drug-likeness (QED) is 0.665. The molecule has 1 unspecified atom stereocenters. The van der Waals surface area contributed by atoms with Crippen molar-refractivity contribution in [2.75, 3.05) is 0 Å². The maximum absolute atomic E-state index is 13.1. The van der Waals surface area contributed by atoms with Crippen molar-refractivity contribution in [1.82, 2.24) is 19.7 Å². The predicted molar refractivity (Wildman–Crippen MR) is 109 cm³/mol. The molecule has 0 fully saturated rings. The molecule has 9 heteroatoms. The second kappa shape index (κ2) is 7.45. The van der Waals surface area contributed by atoms with Crippen LogP contribution >= 0.6 is 0 Å². The number of hydrogen-bond donors (Lipinski definition) is 2. The van der Waals surface area contributed by atoms with Crippen LogP contribution in [-0.2, 0) is 11.8 Å². The molecule has 162 valence electrons. The minimum absolute atomic E-state index is 0.0124. The van der Waals surface area contributed by atoms with E-state index in [1.165, 1.54) is 4.68 Å². The van der Waals surface area contributed by atoms with Gasteiger partial charge in [0.25, 0.3) is 5.56 Å². The lowest BCUT2D eigenvalue weighted by Crippen LogP contribution is -2.25. The Morgan fingerprint density at radius 1 is 1.03 bits per heavy atom. The van der Waals surface area contributed by atoms with Crippen LogP contribution in [0.25, 0.3) is 11.0 Å². The third-order valence-electron chi connectivity index (χ3n) is 5.05. The summed E-state index contributed by atoms with van der Waals surface area (Å²) in [7, 11) is 0. The molecule has 2 aromatic heterocycles. The highest BCUT2D eigenvalue weighted by atomic mass is 19.4. The molecule has 1 atom stereocenters. The zero-order valence-corrected chi connectivity index (χ0v) is 17.5. The summed E-state index contributed by atoms with van der Waals surface area (Å²) in [6.45, 7) is 10.1. The Morgan fingerprint density at radius 2 is 1.63 bits per heavy atom. The van der Waals surface area contributed by atoms with Crippen molar-refractivity contribution >= 4 is 11.0 Å². The van der Waals surface area contributed by atoms with Gasteiger partial charge in [0.1, 0.15) is 11.0 Å². The third-order valence-corrected chi connectivity index (χ3v) is 5.05. The van der Waals surface area contributed by atoms with Crippen LogP contribution in [0.1, 0.15) is 57.5 Å². The van der Waals surface area contributed by atoms with Crippen LogP contribution < -0.4 is 11.2 Å². The van der Waals surface area contributed by atoms with E-state index in [2.05, 4.69) is 30.9 Å². The van der Waals surface area contributed by atoms with Crippen molar-refractivity contribution in [2.24, 2.45) is 5.92 Å². The summed E-state index contributed by atoms with van der Waals surface area (Å²) in [4.78, 5) is 28.6. The summed E-state index contributed by atoms with van der Waals surface area (Å²) in [5.41, 5.74) is -0.220. The minimum atomic E-state index is -4.55. The molecule has 0 aliphatic heterocycles. The van der Waals surface area contributed by atoms with Gasteiger partial charge in [-0.15, -0.1) is 0 Å². The maximum Gasteiger partial charge on any atom is 0.394 e. The first-order chi connectivity index (χ1) is 13.8. The van der Waals surface area contributed by atoms with Crippen LogP contribution in [0.2, 0.25) is 0 Å².